The van der Waals surface area contributed by atoms with Crippen molar-refractivity contribution in [1.29, 1.82) is 0 Å². The maximum absolute atomic E-state index is 13.2. The molecule has 0 aromatic carbocycles. The van der Waals surface area contributed by atoms with Gasteiger partial charge in [-0.05, 0) is 42.5 Å². The van der Waals surface area contributed by atoms with Gasteiger partial charge in [0.2, 0.25) is 0 Å². The largest absolute Gasteiger partial charge is 0.495 e. The van der Waals surface area contributed by atoms with E-state index in [0.29, 0.717) is 43.2 Å². The lowest BCUT2D eigenvalue weighted by molar-refractivity contribution is 0.413. The molecule has 0 saturated heterocycles. The topological polar surface area (TPSA) is 89.9 Å². The zero-order chi connectivity index (χ0) is 20.1. The monoisotopic (exact) mass is 426 g/mol. The molecule has 4 heterocycles. The second-order valence-corrected chi connectivity index (χ2v) is 8.30. The molecule has 1 fully saturated rings. The van der Waals surface area contributed by atoms with Gasteiger partial charge in [0.25, 0.3) is 5.56 Å². The number of ether oxygens (including phenoxy) is 1. The van der Waals surface area contributed by atoms with Crippen LogP contribution in [-0.2, 0) is 0 Å². The zero-order valence-electron chi connectivity index (χ0n) is 15.3. The highest BCUT2D eigenvalue weighted by Gasteiger charge is 2.24. The molecule has 0 bridgehead atoms. The number of halogens is 1. The number of pyridine rings is 2. The summed E-state index contributed by atoms with van der Waals surface area (Å²) in [6.07, 6.45) is 7.07. The lowest BCUT2D eigenvalue weighted by Crippen LogP contribution is -2.33. The van der Waals surface area contributed by atoms with E-state index >= 15 is 0 Å². The van der Waals surface area contributed by atoms with Crippen molar-refractivity contribution >= 4 is 33.2 Å². The van der Waals surface area contributed by atoms with Crippen LogP contribution in [0, 0.1) is 0 Å². The van der Waals surface area contributed by atoms with E-state index in [1.165, 1.54) is 23.7 Å². The number of hydrogen-bond acceptors (Lipinski definition) is 6. The van der Waals surface area contributed by atoms with Crippen LogP contribution in [0.2, 0.25) is 5.15 Å². The third kappa shape index (κ3) is 3.14. The fraction of sp³-hybridized carbons (Fsp3) is 0.200. The SMILES string of the molecule is COc1cnc(Cl)c(-c2cc3[nH]c(=O)n(-c4cncc(C5CC5)c4)c(=O)c3s2)c1. The fourth-order valence-electron chi connectivity index (χ4n) is 3.30. The van der Waals surface area contributed by atoms with Gasteiger partial charge in [0.05, 0.1) is 30.7 Å². The van der Waals surface area contributed by atoms with E-state index in [2.05, 4.69) is 15.0 Å². The zero-order valence-corrected chi connectivity index (χ0v) is 16.9. The van der Waals surface area contributed by atoms with Crippen molar-refractivity contribution in [2.24, 2.45) is 0 Å². The minimum absolute atomic E-state index is 0.293. The first-order valence-electron chi connectivity index (χ1n) is 8.99. The van der Waals surface area contributed by atoms with Gasteiger partial charge in [0, 0.05) is 16.6 Å². The van der Waals surface area contributed by atoms with Crippen LogP contribution in [0.25, 0.3) is 26.3 Å². The van der Waals surface area contributed by atoms with Crippen LogP contribution < -0.4 is 16.0 Å². The summed E-state index contributed by atoms with van der Waals surface area (Å²) in [7, 11) is 1.54. The lowest BCUT2D eigenvalue weighted by atomic mass is 10.2. The number of rotatable bonds is 4. The predicted octanol–water partition coefficient (Wildman–Crippen LogP) is 3.74. The van der Waals surface area contributed by atoms with Gasteiger partial charge >= 0.3 is 5.69 Å². The molecule has 0 radical (unpaired) electrons. The third-order valence-corrected chi connectivity index (χ3v) is 6.40. The predicted molar refractivity (Wildman–Crippen MR) is 113 cm³/mol. The van der Waals surface area contributed by atoms with Crippen LogP contribution in [0.5, 0.6) is 5.75 Å². The maximum Gasteiger partial charge on any atom is 0.333 e. The first-order valence-corrected chi connectivity index (χ1v) is 10.2. The highest BCUT2D eigenvalue weighted by atomic mass is 35.5. The molecule has 4 aromatic heterocycles. The summed E-state index contributed by atoms with van der Waals surface area (Å²) in [5.41, 5.74) is 1.73. The molecule has 0 unspecified atom stereocenters. The minimum atomic E-state index is -0.503. The van der Waals surface area contributed by atoms with Crippen LogP contribution in [0.15, 0.2) is 46.4 Å². The molecule has 0 amide bonds. The number of aromatic amines is 1. The number of nitrogens with one attached hydrogen (secondary N) is 1. The fourth-order valence-corrected chi connectivity index (χ4v) is 4.62. The average molecular weight is 427 g/mol. The van der Waals surface area contributed by atoms with Crippen molar-refractivity contribution in [2.45, 2.75) is 18.8 Å². The van der Waals surface area contributed by atoms with E-state index in [-0.39, 0.29) is 5.56 Å². The molecule has 146 valence electrons. The highest BCUT2D eigenvalue weighted by Crippen LogP contribution is 2.40. The molecule has 0 spiro atoms. The summed E-state index contributed by atoms with van der Waals surface area (Å²) >= 11 is 7.49. The summed E-state index contributed by atoms with van der Waals surface area (Å²) in [4.78, 5) is 37.7. The molecule has 9 heteroatoms. The van der Waals surface area contributed by atoms with Gasteiger partial charge in [-0.2, -0.15) is 0 Å². The van der Waals surface area contributed by atoms with Crippen molar-refractivity contribution in [3.8, 4) is 21.9 Å². The molecular weight excluding hydrogens is 412 g/mol. The lowest BCUT2D eigenvalue weighted by Gasteiger charge is -2.06. The van der Waals surface area contributed by atoms with Crippen LogP contribution in [-0.4, -0.2) is 26.6 Å². The first-order chi connectivity index (χ1) is 14.0. The summed E-state index contributed by atoms with van der Waals surface area (Å²) in [5.74, 6) is 1.02. The quantitative estimate of drug-likeness (QED) is 0.502. The number of thiophene rings is 1. The maximum atomic E-state index is 13.2. The summed E-state index contributed by atoms with van der Waals surface area (Å²) in [6.45, 7) is 0. The highest BCUT2D eigenvalue weighted by molar-refractivity contribution is 7.22. The van der Waals surface area contributed by atoms with Gasteiger partial charge in [0.1, 0.15) is 15.6 Å². The molecule has 1 aliphatic rings. The normalized spacial score (nSPS) is 13.7. The Labute approximate surface area is 173 Å². The Kier molecular flexibility index (Phi) is 4.25. The number of H-pyrrole nitrogens is 1. The first kappa shape index (κ1) is 18.1. The minimum Gasteiger partial charge on any atom is -0.495 e. The molecule has 5 rings (SSSR count). The summed E-state index contributed by atoms with van der Waals surface area (Å²) in [5, 5.41) is 0.293. The van der Waals surface area contributed by atoms with E-state index in [4.69, 9.17) is 16.3 Å². The van der Waals surface area contributed by atoms with Crippen molar-refractivity contribution < 1.29 is 4.74 Å². The smallest absolute Gasteiger partial charge is 0.333 e. The van der Waals surface area contributed by atoms with E-state index in [0.717, 1.165) is 23.0 Å². The summed E-state index contributed by atoms with van der Waals surface area (Å²) < 4.78 is 6.77. The van der Waals surface area contributed by atoms with E-state index < -0.39 is 5.69 Å². The van der Waals surface area contributed by atoms with Crippen LogP contribution in [0.3, 0.4) is 0 Å². The van der Waals surface area contributed by atoms with Gasteiger partial charge in [-0.25, -0.2) is 14.3 Å². The number of nitrogens with zero attached hydrogens (tertiary/aromatic N) is 3. The Morgan fingerprint density at radius 1 is 1.21 bits per heavy atom. The average Bonchev–Trinajstić information content (AvgIpc) is 3.49. The van der Waals surface area contributed by atoms with E-state index in [1.54, 1.807) is 25.4 Å². The number of hydrogen-bond donors (Lipinski definition) is 1. The standard InChI is InChI=1S/C20H15ClN4O3S/c1-28-13-5-14(18(21)23-9-13)16-6-15-17(29-16)19(26)25(20(27)24-15)12-4-11(7-22-8-12)10-2-3-10/h4-10H,2-3H2,1H3,(H,24,27). The van der Waals surface area contributed by atoms with Gasteiger partial charge in [0.15, 0.2) is 0 Å². The van der Waals surface area contributed by atoms with Gasteiger partial charge in [-0.15, -0.1) is 11.3 Å². The van der Waals surface area contributed by atoms with Gasteiger partial charge in [-0.1, -0.05) is 11.6 Å². The Morgan fingerprint density at radius 3 is 2.79 bits per heavy atom. The molecular formula is C20H15ClN4O3S. The van der Waals surface area contributed by atoms with E-state index in [1.807, 2.05) is 6.07 Å². The van der Waals surface area contributed by atoms with Gasteiger partial charge in [-0.3, -0.25) is 9.78 Å². The Hall–Kier alpha value is -2.97. The molecule has 29 heavy (non-hydrogen) atoms. The molecule has 1 saturated carbocycles. The number of aromatic nitrogens is 4. The molecule has 0 aliphatic heterocycles. The van der Waals surface area contributed by atoms with Crippen molar-refractivity contribution in [3.63, 3.8) is 0 Å². The Bertz CT molecular complexity index is 1370. The van der Waals surface area contributed by atoms with Crippen LogP contribution in [0.4, 0.5) is 0 Å². The second kappa shape index (κ2) is 6.82. The Balaban J connectivity index is 1.69. The van der Waals surface area contributed by atoms with Crippen LogP contribution in [0.1, 0.15) is 24.3 Å². The van der Waals surface area contributed by atoms with Crippen molar-refractivity contribution in [2.75, 3.05) is 7.11 Å². The number of methoxy groups -OCH3 is 1. The third-order valence-electron chi connectivity index (χ3n) is 4.94. The molecule has 1 aliphatic carbocycles. The van der Waals surface area contributed by atoms with Crippen molar-refractivity contribution in [1.82, 2.24) is 19.5 Å². The summed E-state index contributed by atoms with van der Waals surface area (Å²) in [6, 6.07) is 5.35. The molecule has 1 N–H and O–H groups in total. The van der Waals surface area contributed by atoms with Gasteiger partial charge < -0.3 is 9.72 Å². The van der Waals surface area contributed by atoms with E-state index in [9.17, 15) is 9.59 Å². The van der Waals surface area contributed by atoms with Crippen LogP contribution >= 0.6 is 22.9 Å². The molecule has 0 atom stereocenters. The number of fused-ring (bicyclic) bond motifs is 1. The van der Waals surface area contributed by atoms with Crippen molar-refractivity contribution in [3.05, 3.63) is 68.3 Å². The Morgan fingerprint density at radius 2 is 2.03 bits per heavy atom. The second-order valence-electron chi connectivity index (χ2n) is 6.89. The molecule has 7 nitrogen and oxygen atoms in total. The molecule has 4 aromatic rings.